The van der Waals surface area contributed by atoms with E-state index in [1.807, 2.05) is 0 Å². The van der Waals surface area contributed by atoms with Crippen molar-refractivity contribution in [1.82, 2.24) is 15.3 Å². The predicted molar refractivity (Wildman–Crippen MR) is 100 cm³/mol. The number of nitrogen functional groups attached to an aromatic ring is 1. The van der Waals surface area contributed by atoms with Crippen molar-refractivity contribution in [1.29, 1.82) is 0 Å². The van der Waals surface area contributed by atoms with Crippen molar-refractivity contribution in [3.05, 3.63) is 54.0 Å². The lowest BCUT2D eigenvalue weighted by Gasteiger charge is -2.20. The maximum absolute atomic E-state index is 14.1. The molecule has 3 amide bonds. The number of nitrogens with zero attached hydrogens (tertiary/aromatic N) is 4. The number of alkyl halides is 3. The number of aromatic nitrogens is 2. The predicted octanol–water partition coefficient (Wildman–Crippen LogP) is 2.58. The summed E-state index contributed by atoms with van der Waals surface area (Å²) in [6.07, 6.45) is -2.16. The number of hydrogen-bond acceptors (Lipinski definition) is 5. The Morgan fingerprint density at radius 3 is 2.70 bits per heavy atom. The number of carbonyl (C=O) groups is 2. The highest BCUT2D eigenvalue weighted by Crippen LogP contribution is 2.33. The summed E-state index contributed by atoms with van der Waals surface area (Å²) >= 11 is 0. The van der Waals surface area contributed by atoms with Gasteiger partial charge in [-0.25, -0.2) is 14.2 Å². The summed E-state index contributed by atoms with van der Waals surface area (Å²) in [6.45, 7) is 3.78. The van der Waals surface area contributed by atoms with Crippen molar-refractivity contribution in [3.63, 3.8) is 0 Å². The second kappa shape index (κ2) is 7.61. The van der Waals surface area contributed by atoms with Gasteiger partial charge in [-0.3, -0.25) is 9.69 Å². The highest BCUT2D eigenvalue weighted by atomic mass is 19.4. The van der Waals surface area contributed by atoms with Crippen LogP contribution in [0.25, 0.3) is 0 Å². The third kappa shape index (κ3) is 3.88. The van der Waals surface area contributed by atoms with Crippen molar-refractivity contribution >= 4 is 29.4 Å². The van der Waals surface area contributed by atoms with E-state index in [1.54, 1.807) is 0 Å². The third-order valence-electron chi connectivity index (χ3n) is 4.43. The van der Waals surface area contributed by atoms with Crippen LogP contribution < -0.4 is 20.9 Å². The van der Waals surface area contributed by atoms with Gasteiger partial charge in [-0.1, -0.05) is 6.08 Å². The Hall–Kier alpha value is -3.70. The summed E-state index contributed by atoms with van der Waals surface area (Å²) in [5.74, 6) is -2.34. The van der Waals surface area contributed by atoms with Crippen molar-refractivity contribution in [2.45, 2.75) is 12.2 Å². The molecular weight excluding hydrogens is 408 g/mol. The summed E-state index contributed by atoms with van der Waals surface area (Å²) in [4.78, 5) is 34.4. The van der Waals surface area contributed by atoms with Gasteiger partial charge in [0, 0.05) is 13.2 Å². The fourth-order valence-corrected chi connectivity index (χ4v) is 2.78. The van der Waals surface area contributed by atoms with Crippen molar-refractivity contribution < 1.29 is 27.2 Å². The van der Waals surface area contributed by atoms with Crippen LogP contribution in [0.15, 0.2) is 37.1 Å². The first kappa shape index (κ1) is 21.0. The van der Waals surface area contributed by atoms with E-state index in [0.29, 0.717) is 23.1 Å². The molecule has 2 heterocycles. The van der Waals surface area contributed by atoms with E-state index in [9.17, 15) is 27.2 Å². The number of carbonyl (C=O) groups excluding carboxylic acids is 2. The van der Waals surface area contributed by atoms with Crippen LogP contribution >= 0.6 is 0 Å². The first-order chi connectivity index (χ1) is 14.0. The normalized spacial score (nSPS) is 16.4. The molecule has 1 aliphatic heterocycles. The number of amides is 3. The SMILES string of the molecule is C=CC1CN(c2ncc(C(=O)N(C)c3cc(C(F)(F)F)ccc3F)c(N)n2)C(=O)N1. The number of nitrogens with one attached hydrogen (secondary N) is 1. The largest absolute Gasteiger partial charge is 0.416 e. The molecule has 1 fully saturated rings. The molecule has 0 saturated carbocycles. The van der Waals surface area contributed by atoms with Crippen LogP contribution in [0, 0.1) is 5.82 Å². The molecule has 0 bridgehead atoms. The summed E-state index contributed by atoms with van der Waals surface area (Å²) in [5, 5.41) is 2.61. The van der Waals surface area contributed by atoms with E-state index < -0.39 is 35.2 Å². The Balaban J connectivity index is 1.89. The Kier molecular flexibility index (Phi) is 5.33. The molecule has 30 heavy (non-hydrogen) atoms. The fourth-order valence-electron chi connectivity index (χ4n) is 2.78. The Labute approximate surface area is 168 Å². The van der Waals surface area contributed by atoms with E-state index in [4.69, 9.17) is 5.73 Å². The average molecular weight is 424 g/mol. The van der Waals surface area contributed by atoms with Gasteiger partial charge in [0.1, 0.15) is 17.2 Å². The van der Waals surface area contributed by atoms with Crippen molar-refractivity contribution in [3.8, 4) is 0 Å². The van der Waals surface area contributed by atoms with Gasteiger partial charge in [0.2, 0.25) is 5.95 Å². The summed E-state index contributed by atoms with van der Waals surface area (Å²) in [6, 6.07) is 0.900. The lowest BCUT2D eigenvalue weighted by Crippen LogP contribution is -2.31. The van der Waals surface area contributed by atoms with Gasteiger partial charge in [-0.15, -0.1) is 6.58 Å². The highest BCUT2D eigenvalue weighted by Gasteiger charge is 2.33. The first-order valence-corrected chi connectivity index (χ1v) is 8.50. The minimum atomic E-state index is -4.71. The van der Waals surface area contributed by atoms with Crippen LogP contribution in [-0.4, -0.2) is 41.5 Å². The molecule has 8 nitrogen and oxygen atoms in total. The van der Waals surface area contributed by atoms with Gasteiger partial charge in [-0.2, -0.15) is 18.2 Å². The summed E-state index contributed by atoms with van der Waals surface area (Å²) in [7, 11) is 1.09. The first-order valence-electron chi connectivity index (χ1n) is 8.50. The zero-order valence-corrected chi connectivity index (χ0v) is 15.6. The molecule has 0 spiro atoms. The zero-order chi connectivity index (χ0) is 22.2. The van der Waals surface area contributed by atoms with Crippen molar-refractivity contribution in [2.24, 2.45) is 0 Å². The van der Waals surface area contributed by atoms with Gasteiger partial charge in [0.05, 0.1) is 23.8 Å². The van der Waals surface area contributed by atoms with Crippen LogP contribution in [0.2, 0.25) is 0 Å². The smallest absolute Gasteiger partial charge is 0.383 e. The highest BCUT2D eigenvalue weighted by molar-refractivity contribution is 6.08. The summed E-state index contributed by atoms with van der Waals surface area (Å²) < 4.78 is 52.8. The molecule has 3 N–H and O–H groups in total. The van der Waals surface area contributed by atoms with Gasteiger partial charge < -0.3 is 16.0 Å². The molecule has 158 valence electrons. The lowest BCUT2D eigenvalue weighted by molar-refractivity contribution is -0.137. The van der Waals surface area contributed by atoms with Gasteiger partial charge >= 0.3 is 12.2 Å². The van der Waals surface area contributed by atoms with E-state index in [-0.39, 0.29) is 29.9 Å². The van der Waals surface area contributed by atoms with Crippen LogP contribution in [-0.2, 0) is 6.18 Å². The van der Waals surface area contributed by atoms with E-state index in [0.717, 1.165) is 13.2 Å². The molecule has 2 aromatic rings. The third-order valence-corrected chi connectivity index (χ3v) is 4.43. The van der Waals surface area contributed by atoms with Gasteiger partial charge in [-0.05, 0) is 18.2 Å². The number of anilines is 3. The van der Waals surface area contributed by atoms with E-state index in [2.05, 4.69) is 21.9 Å². The maximum Gasteiger partial charge on any atom is 0.416 e. The monoisotopic (exact) mass is 424 g/mol. The lowest BCUT2D eigenvalue weighted by atomic mass is 10.1. The number of rotatable bonds is 4. The molecule has 1 unspecified atom stereocenters. The molecule has 0 aliphatic carbocycles. The molecule has 1 saturated heterocycles. The molecule has 1 aliphatic rings. The number of benzene rings is 1. The van der Waals surface area contributed by atoms with Crippen LogP contribution in [0.4, 0.5) is 39.8 Å². The fraction of sp³-hybridized carbons (Fsp3) is 0.222. The summed E-state index contributed by atoms with van der Waals surface area (Å²) in [5.41, 5.74) is 3.83. The van der Waals surface area contributed by atoms with Gasteiger partial charge in [0.15, 0.2) is 0 Å². The molecular formula is C18H16F4N6O2. The second-order valence-electron chi connectivity index (χ2n) is 6.40. The minimum Gasteiger partial charge on any atom is -0.383 e. The number of urea groups is 1. The van der Waals surface area contributed by atoms with Crippen LogP contribution in [0.5, 0.6) is 0 Å². The van der Waals surface area contributed by atoms with E-state index in [1.165, 1.54) is 11.0 Å². The molecule has 1 aromatic carbocycles. The quantitative estimate of drug-likeness (QED) is 0.580. The number of nitrogens with two attached hydrogens (primary N) is 1. The van der Waals surface area contributed by atoms with Crippen LogP contribution in [0.1, 0.15) is 15.9 Å². The second-order valence-corrected chi connectivity index (χ2v) is 6.40. The molecule has 12 heteroatoms. The Morgan fingerprint density at radius 1 is 1.43 bits per heavy atom. The zero-order valence-electron chi connectivity index (χ0n) is 15.6. The number of hydrogen-bond donors (Lipinski definition) is 2. The average Bonchev–Trinajstić information content (AvgIpc) is 3.07. The Bertz CT molecular complexity index is 1030. The van der Waals surface area contributed by atoms with Crippen molar-refractivity contribution in [2.75, 3.05) is 29.1 Å². The molecule has 0 radical (unpaired) electrons. The van der Waals surface area contributed by atoms with Crippen LogP contribution in [0.3, 0.4) is 0 Å². The van der Waals surface area contributed by atoms with E-state index >= 15 is 0 Å². The standard InChI is InChI=1S/C18H16F4N6O2/c1-3-10-8-28(17(30)25-10)16-24-7-11(14(23)26-16)15(29)27(2)13-6-9(18(20,21)22)4-5-12(13)19/h3-7,10H,1,8H2,2H3,(H,25,30)(H2,23,24,26). The van der Waals surface area contributed by atoms with Gasteiger partial charge in [0.25, 0.3) is 5.91 Å². The Morgan fingerprint density at radius 2 is 2.13 bits per heavy atom. The molecule has 1 atom stereocenters. The number of halogens is 4. The maximum atomic E-state index is 14.1. The minimum absolute atomic E-state index is 0.0706. The molecule has 1 aromatic heterocycles. The topological polar surface area (TPSA) is 104 Å². The molecule has 3 rings (SSSR count).